The molecular formula is C11H12BrFN4. The Labute approximate surface area is 107 Å². The number of nitrogens with zero attached hydrogens (tertiary/aromatic N) is 3. The Balaban J connectivity index is 2.45. The number of hydrogen-bond acceptors (Lipinski definition) is 3. The molecule has 1 aromatic heterocycles. The quantitative estimate of drug-likeness (QED) is 0.943. The van der Waals surface area contributed by atoms with Gasteiger partial charge in [-0.2, -0.15) is 0 Å². The van der Waals surface area contributed by atoms with E-state index >= 15 is 0 Å². The Hall–Kier alpha value is -1.27. The van der Waals surface area contributed by atoms with Crippen molar-refractivity contribution in [1.82, 2.24) is 20.3 Å². The topological polar surface area (TPSA) is 42.7 Å². The second-order valence-electron chi connectivity index (χ2n) is 3.71. The second-order valence-corrected chi connectivity index (χ2v) is 4.62. The highest BCUT2D eigenvalue weighted by atomic mass is 79.9. The number of nitrogens with one attached hydrogen (secondary N) is 1. The first-order valence-electron chi connectivity index (χ1n) is 5.09. The standard InChI is InChI=1S/C11H12BrFN4/c1-14-11(10-6-15-16-17(10)2)7-3-8(12)5-9(13)4-7/h3-6,11,14H,1-2H3. The minimum Gasteiger partial charge on any atom is -0.308 e. The summed E-state index contributed by atoms with van der Waals surface area (Å²) in [5.41, 5.74) is 1.70. The predicted molar refractivity (Wildman–Crippen MR) is 66.0 cm³/mol. The summed E-state index contributed by atoms with van der Waals surface area (Å²) in [5.74, 6) is -0.273. The van der Waals surface area contributed by atoms with E-state index in [2.05, 4.69) is 31.6 Å². The Morgan fingerprint density at radius 1 is 1.41 bits per heavy atom. The van der Waals surface area contributed by atoms with Gasteiger partial charge in [0.1, 0.15) is 5.82 Å². The monoisotopic (exact) mass is 298 g/mol. The molecule has 2 rings (SSSR count). The summed E-state index contributed by atoms with van der Waals surface area (Å²) in [7, 11) is 3.62. The molecule has 0 bridgehead atoms. The molecule has 17 heavy (non-hydrogen) atoms. The lowest BCUT2D eigenvalue weighted by molar-refractivity contribution is 0.586. The number of benzene rings is 1. The van der Waals surface area contributed by atoms with Crippen LogP contribution in [0.5, 0.6) is 0 Å². The molecular weight excluding hydrogens is 287 g/mol. The lowest BCUT2D eigenvalue weighted by atomic mass is 10.0. The molecule has 0 aliphatic rings. The first-order chi connectivity index (χ1) is 8.11. The average Bonchev–Trinajstić information content (AvgIpc) is 2.65. The third kappa shape index (κ3) is 2.53. The van der Waals surface area contributed by atoms with E-state index < -0.39 is 0 Å². The average molecular weight is 299 g/mol. The van der Waals surface area contributed by atoms with Crippen LogP contribution in [-0.2, 0) is 7.05 Å². The molecule has 0 saturated carbocycles. The van der Waals surface area contributed by atoms with Crippen LogP contribution < -0.4 is 5.32 Å². The highest BCUT2D eigenvalue weighted by Crippen LogP contribution is 2.24. The van der Waals surface area contributed by atoms with Gasteiger partial charge in [0.05, 0.1) is 17.9 Å². The molecule has 0 aliphatic heterocycles. The fraction of sp³-hybridized carbons (Fsp3) is 0.273. The van der Waals surface area contributed by atoms with Crippen LogP contribution in [0.4, 0.5) is 4.39 Å². The number of hydrogen-bond donors (Lipinski definition) is 1. The lowest BCUT2D eigenvalue weighted by Crippen LogP contribution is -2.20. The van der Waals surface area contributed by atoms with Gasteiger partial charge in [-0.1, -0.05) is 21.1 Å². The molecule has 0 saturated heterocycles. The van der Waals surface area contributed by atoms with Crippen LogP contribution in [0.15, 0.2) is 28.9 Å². The van der Waals surface area contributed by atoms with Crippen LogP contribution in [0.2, 0.25) is 0 Å². The van der Waals surface area contributed by atoms with E-state index in [1.54, 1.807) is 17.9 Å². The van der Waals surface area contributed by atoms with Gasteiger partial charge < -0.3 is 5.32 Å². The number of rotatable bonds is 3. The van der Waals surface area contributed by atoms with Gasteiger partial charge in [0.15, 0.2) is 0 Å². The number of aryl methyl sites for hydroxylation is 1. The molecule has 2 aromatic rings. The van der Waals surface area contributed by atoms with Crippen LogP contribution >= 0.6 is 15.9 Å². The van der Waals surface area contributed by atoms with Crippen molar-refractivity contribution in [2.75, 3.05) is 7.05 Å². The Morgan fingerprint density at radius 3 is 2.71 bits per heavy atom. The van der Waals surface area contributed by atoms with Crippen molar-refractivity contribution in [3.63, 3.8) is 0 Å². The third-order valence-corrected chi connectivity index (χ3v) is 3.01. The van der Waals surface area contributed by atoms with E-state index in [-0.39, 0.29) is 11.9 Å². The maximum Gasteiger partial charge on any atom is 0.124 e. The SMILES string of the molecule is CNC(c1cc(F)cc(Br)c1)c1cnnn1C. The highest BCUT2D eigenvalue weighted by molar-refractivity contribution is 9.10. The molecule has 1 unspecified atom stereocenters. The van der Waals surface area contributed by atoms with Gasteiger partial charge in [0, 0.05) is 11.5 Å². The van der Waals surface area contributed by atoms with E-state index in [9.17, 15) is 4.39 Å². The summed E-state index contributed by atoms with van der Waals surface area (Å²) < 4.78 is 15.7. The first kappa shape index (κ1) is 12.2. The Bertz CT molecular complexity index is 506. The van der Waals surface area contributed by atoms with Gasteiger partial charge in [-0.05, 0) is 30.8 Å². The van der Waals surface area contributed by atoms with E-state index in [1.807, 2.05) is 13.1 Å². The highest BCUT2D eigenvalue weighted by Gasteiger charge is 2.17. The zero-order chi connectivity index (χ0) is 12.4. The van der Waals surface area contributed by atoms with Crippen molar-refractivity contribution in [2.24, 2.45) is 7.05 Å². The molecule has 1 atom stereocenters. The maximum absolute atomic E-state index is 13.4. The van der Waals surface area contributed by atoms with Crippen LogP contribution in [0.1, 0.15) is 17.3 Å². The zero-order valence-corrected chi connectivity index (χ0v) is 11.1. The summed E-state index contributed by atoms with van der Waals surface area (Å²) in [4.78, 5) is 0. The molecule has 1 heterocycles. The fourth-order valence-electron chi connectivity index (χ4n) is 1.79. The number of halogens is 2. The Morgan fingerprint density at radius 2 is 2.18 bits per heavy atom. The number of aromatic nitrogens is 3. The Kier molecular flexibility index (Phi) is 3.54. The van der Waals surface area contributed by atoms with Crippen molar-refractivity contribution in [2.45, 2.75) is 6.04 Å². The van der Waals surface area contributed by atoms with Crippen LogP contribution in [0.3, 0.4) is 0 Å². The molecule has 6 heteroatoms. The molecule has 90 valence electrons. The van der Waals surface area contributed by atoms with E-state index in [4.69, 9.17) is 0 Å². The van der Waals surface area contributed by atoms with E-state index in [0.29, 0.717) is 4.47 Å². The van der Waals surface area contributed by atoms with E-state index in [0.717, 1.165) is 11.3 Å². The third-order valence-electron chi connectivity index (χ3n) is 2.55. The summed E-state index contributed by atoms with van der Waals surface area (Å²) >= 11 is 3.29. The first-order valence-corrected chi connectivity index (χ1v) is 5.89. The summed E-state index contributed by atoms with van der Waals surface area (Å²) in [6.07, 6.45) is 1.67. The predicted octanol–water partition coefficient (Wildman–Crippen LogP) is 2.03. The van der Waals surface area contributed by atoms with Crippen molar-refractivity contribution in [3.05, 3.63) is 45.9 Å². The molecule has 1 N–H and O–H groups in total. The van der Waals surface area contributed by atoms with Crippen LogP contribution in [-0.4, -0.2) is 22.0 Å². The fourth-order valence-corrected chi connectivity index (χ4v) is 2.27. The van der Waals surface area contributed by atoms with Crippen LogP contribution in [0.25, 0.3) is 0 Å². The minimum absolute atomic E-state index is 0.137. The minimum atomic E-state index is -0.273. The van der Waals surface area contributed by atoms with Gasteiger partial charge in [0.2, 0.25) is 0 Å². The second kappa shape index (κ2) is 4.93. The maximum atomic E-state index is 13.4. The molecule has 0 radical (unpaired) electrons. The smallest absolute Gasteiger partial charge is 0.124 e. The molecule has 1 aromatic carbocycles. The lowest BCUT2D eigenvalue weighted by Gasteiger charge is -2.16. The van der Waals surface area contributed by atoms with Gasteiger partial charge in [0.25, 0.3) is 0 Å². The van der Waals surface area contributed by atoms with Gasteiger partial charge in [-0.3, -0.25) is 4.68 Å². The van der Waals surface area contributed by atoms with Gasteiger partial charge >= 0.3 is 0 Å². The zero-order valence-electron chi connectivity index (χ0n) is 9.48. The van der Waals surface area contributed by atoms with E-state index in [1.165, 1.54) is 12.1 Å². The molecule has 4 nitrogen and oxygen atoms in total. The van der Waals surface area contributed by atoms with Gasteiger partial charge in [-0.15, -0.1) is 5.10 Å². The normalized spacial score (nSPS) is 12.7. The van der Waals surface area contributed by atoms with Crippen molar-refractivity contribution < 1.29 is 4.39 Å². The summed E-state index contributed by atoms with van der Waals surface area (Å²) in [6.45, 7) is 0. The molecule has 0 spiro atoms. The van der Waals surface area contributed by atoms with Crippen LogP contribution in [0, 0.1) is 5.82 Å². The summed E-state index contributed by atoms with van der Waals surface area (Å²) in [6, 6.07) is 4.66. The van der Waals surface area contributed by atoms with Crippen molar-refractivity contribution in [3.8, 4) is 0 Å². The molecule has 0 aliphatic carbocycles. The van der Waals surface area contributed by atoms with Gasteiger partial charge in [-0.25, -0.2) is 4.39 Å². The molecule has 0 fully saturated rings. The van der Waals surface area contributed by atoms with Crippen molar-refractivity contribution in [1.29, 1.82) is 0 Å². The molecule has 0 amide bonds. The largest absolute Gasteiger partial charge is 0.308 e. The van der Waals surface area contributed by atoms with Crippen molar-refractivity contribution >= 4 is 15.9 Å². The summed E-state index contributed by atoms with van der Waals surface area (Å²) in [5, 5.41) is 10.8.